The summed E-state index contributed by atoms with van der Waals surface area (Å²) in [4.78, 5) is 54.0. The molecule has 0 atom stereocenters. The number of nitro groups is 1. The molecule has 0 saturated heterocycles. The third kappa shape index (κ3) is 2.43. The van der Waals surface area contributed by atoms with Gasteiger partial charge in [0.15, 0.2) is 0 Å². The van der Waals surface area contributed by atoms with E-state index in [2.05, 4.69) is 15.0 Å². The highest BCUT2D eigenvalue weighted by atomic mass is 16.6. The Morgan fingerprint density at radius 2 is 2.12 bits per heavy atom. The fraction of sp³-hybridized carbons (Fsp3) is 0.0769. The van der Waals surface area contributed by atoms with Crippen molar-refractivity contribution in [3.8, 4) is 11.4 Å². The zero-order valence-corrected chi connectivity index (χ0v) is 11.8. The van der Waals surface area contributed by atoms with E-state index in [9.17, 15) is 24.5 Å². The molecule has 0 bridgehead atoms. The predicted molar refractivity (Wildman–Crippen MR) is 80.7 cm³/mol. The van der Waals surface area contributed by atoms with Crippen LogP contribution in [0.1, 0.15) is 0 Å². The minimum absolute atomic E-state index is 0.0251. The van der Waals surface area contributed by atoms with Crippen molar-refractivity contribution >= 4 is 22.7 Å². The SMILES string of the molecule is O=C(O)Cn1c(=O)c(=O)[nH]c2cc([N+](=O)[O-])c(-c3ncc[nH]3)cc21. The summed E-state index contributed by atoms with van der Waals surface area (Å²) in [6.07, 6.45) is 2.85. The lowest BCUT2D eigenvalue weighted by Gasteiger charge is -2.09. The van der Waals surface area contributed by atoms with Crippen molar-refractivity contribution < 1.29 is 14.8 Å². The van der Waals surface area contributed by atoms with Crippen LogP contribution >= 0.6 is 0 Å². The highest BCUT2D eigenvalue weighted by Crippen LogP contribution is 2.30. The molecule has 2 aromatic heterocycles. The van der Waals surface area contributed by atoms with Gasteiger partial charge in [-0.15, -0.1) is 0 Å². The van der Waals surface area contributed by atoms with Gasteiger partial charge in [-0.3, -0.25) is 29.1 Å². The average Bonchev–Trinajstić information content (AvgIpc) is 3.04. The van der Waals surface area contributed by atoms with Crippen molar-refractivity contribution in [2.75, 3.05) is 0 Å². The molecule has 122 valence electrons. The molecular weight excluding hydrogens is 322 g/mol. The van der Waals surface area contributed by atoms with Crippen LogP contribution in [0.2, 0.25) is 0 Å². The smallest absolute Gasteiger partial charge is 0.323 e. The summed E-state index contributed by atoms with van der Waals surface area (Å²) in [6.45, 7) is -0.755. The monoisotopic (exact) mass is 331 g/mol. The Kier molecular flexibility index (Phi) is 3.45. The Morgan fingerprint density at radius 3 is 2.71 bits per heavy atom. The molecular formula is C13H9N5O6. The number of nitrogens with one attached hydrogen (secondary N) is 2. The number of nitrogens with zero attached hydrogens (tertiary/aromatic N) is 3. The summed E-state index contributed by atoms with van der Waals surface area (Å²) >= 11 is 0. The maximum Gasteiger partial charge on any atom is 0.323 e. The highest BCUT2D eigenvalue weighted by Gasteiger charge is 2.21. The average molecular weight is 331 g/mol. The van der Waals surface area contributed by atoms with Gasteiger partial charge in [0.2, 0.25) is 0 Å². The molecule has 0 aliphatic heterocycles. The molecule has 0 saturated carbocycles. The normalized spacial score (nSPS) is 10.8. The van der Waals surface area contributed by atoms with Crippen LogP contribution in [0.25, 0.3) is 22.4 Å². The highest BCUT2D eigenvalue weighted by molar-refractivity contribution is 5.87. The van der Waals surface area contributed by atoms with Gasteiger partial charge in [-0.2, -0.15) is 0 Å². The summed E-state index contributed by atoms with van der Waals surface area (Å²) < 4.78 is 0.743. The van der Waals surface area contributed by atoms with Gasteiger partial charge in [0.1, 0.15) is 12.4 Å². The van der Waals surface area contributed by atoms with Crippen molar-refractivity contribution in [1.82, 2.24) is 19.5 Å². The van der Waals surface area contributed by atoms with E-state index in [0.717, 1.165) is 10.6 Å². The fourth-order valence-electron chi connectivity index (χ4n) is 2.35. The van der Waals surface area contributed by atoms with E-state index < -0.39 is 28.6 Å². The molecule has 0 aliphatic rings. The lowest BCUT2D eigenvalue weighted by molar-refractivity contribution is -0.384. The zero-order valence-electron chi connectivity index (χ0n) is 11.8. The van der Waals surface area contributed by atoms with E-state index in [0.29, 0.717) is 0 Å². The molecule has 0 spiro atoms. The summed E-state index contributed by atoms with van der Waals surface area (Å²) in [5.74, 6) is -1.16. The minimum atomic E-state index is -1.33. The molecule has 0 radical (unpaired) electrons. The standard InChI is InChI=1S/C13H9N5O6/c19-10(20)5-17-9-3-6(11-14-1-2-15-11)8(18(23)24)4-7(9)16-12(21)13(17)22/h1-4H,5H2,(H,14,15)(H,16,21)(H,19,20). The lowest BCUT2D eigenvalue weighted by atomic mass is 10.1. The maximum atomic E-state index is 11.9. The van der Waals surface area contributed by atoms with Gasteiger partial charge < -0.3 is 15.1 Å². The maximum absolute atomic E-state index is 11.9. The number of carboxylic acid groups (broad SMARTS) is 1. The number of aliphatic carboxylic acids is 1. The van der Waals surface area contributed by atoms with E-state index in [1.165, 1.54) is 18.5 Å². The second kappa shape index (κ2) is 5.46. The number of nitro benzene ring substituents is 1. The quantitative estimate of drug-likeness (QED) is 0.346. The molecule has 11 heteroatoms. The number of fused-ring (bicyclic) bond motifs is 1. The first-order chi connectivity index (χ1) is 11.4. The van der Waals surface area contributed by atoms with E-state index in [1.807, 2.05) is 0 Å². The summed E-state index contributed by atoms with van der Waals surface area (Å²) in [5, 5.41) is 20.2. The zero-order chi connectivity index (χ0) is 17.4. The Balaban J connectivity index is 2.44. The van der Waals surface area contributed by atoms with Crippen molar-refractivity contribution in [3.05, 3.63) is 55.3 Å². The van der Waals surface area contributed by atoms with Gasteiger partial charge in [0.05, 0.1) is 21.5 Å². The molecule has 0 fully saturated rings. The number of imidazole rings is 1. The van der Waals surface area contributed by atoms with Crippen molar-refractivity contribution in [2.45, 2.75) is 6.54 Å². The molecule has 24 heavy (non-hydrogen) atoms. The van der Waals surface area contributed by atoms with Crippen LogP contribution in [0.3, 0.4) is 0 Å². The van der Waals surface area contributed by atoms with Crippen molar-refractivity contribution in [1.29, 1.82) is 0 Å². The van der Waals surface area contributed by atoms with Crippen molar-refractivity contribution in [3.63, 3.8) is 0 Å². The van der Waals surface area contributed by atoms with E-state index in [4.69, 9.17) is 5.11 Å². The summed E-state index contributed by atoms with van der Waals surface area (Å²) in [7, 11) is 0. The largest absolute Gasteiger partial charge is 0.480 e. The number of H-pyrrole nitrogens is 2. The number of rotatable bonds is 4. The Morgan fingerprint density at radius 1 is 1.38 bits per heavy atom. The number of aromatic nitrogens is 4. The number of benzene rings is 1. The number of carboxylic acids is 1. The Labute approximate surface area is 131 Å². The molecule has 1 aromatic carbocycles. The lowest BCUT2D eigenvalue weighted by Crippen LogP contribution is -2.37. The van der Waals surface area contributed by atoms with Crippen LogP contribution in [-0.2, 0) is 11.3 Å². The molecule has 3 rings (SSSR count). The number of hydrogen-bond acceptors (Lipinski definition) is 6. The third-order valence-corrected chi connectivity index (χ3v) is 3.34. The summed E-state index contributed by atoms with van der Waals surface area (Å²) in [5.41, 5.74) is -2.41. The van der Waals surface area contributed by atoms with Crippen LogP contribution in [0.5, 0.6) is 0 Å². The number of aromatic amines is 2. The van der Waals surface area contributed by atoms with Gasteiger partial charge in [0.25, 0.3) is 5.69 Å². The molecule has 0 unspecified atom stereocenters. The van der Waals surface area contributed by atoms with Gasteiger partial charge >= 0.3 is 17.1 Å². The number of hydrogen-bond donors (Lipinski definition) is 3. The minimum Gasteiger partial charge on any atom is -0.480 e. The Bertz CT molecular complexity index is 1080. The van der Waals surface area contributed by atoms with Gasteiger partial charge in [-0.25, -0.2) is 4.98 Å². The van der Waals surface area contributed by atoms with Crippen molar-refractivity contribution in [2.24, 2.45) is 0 Å². The van der Waals surface area contributed by atoms with Gasteiger partial charge in [-0.05, 0) is 6.07 Å². The Hall–Kier alpha value is -3.76. The first kappa shape index (κ1) is 15.1. The molecule has 2 heterocycles. The van der Waals surface area contributed by atoms with Crippen LogP contribution in [0.4, 0.5) is 5.69 Å². The molecule has 11 nitrogen and oxygen atoms in total. The topological polar surface area (TPSA) is 164 Å². The van der Waals surface area contributed by atoms with Crippen LogP contribution in [0, 0.1) is 10.1 Å². The summed E-state index contributed by atoms with van der Waals surface area (Å²) in [6, 6.07) is 2.30. The van der Waals surface area contributed by atoms with E-state index in [1.54, 1.807) is 0 Å². The van der Waals surface area contributed by atoms with E-state index >= 15 is 0 Å². The first-order valence-corrected chi connectivity index (χ1v) is 6.55. The van der Waals surface area contributed by atoms with E-state index in [-0.39, 0.29) is 28.1 Å². The second-order valence-electron chi connectivity index (χ2n) is 4.82. The van der Waals surface area contributed by atoms with Gasteiger partial charge in [-0.1, -0.05) is 0 Å². The van der Waals surface area contributed by atoms with Gasteiger partial charge in [0, 0.05) is 18.5 Å². The molecule has 3 aromatic rings. The third-order valence-electron chi connectivity index (χ3n) is 3.34. The molecule has 0 amide bonds. The fourth-order valence-corrected chi connectivity index (χ4v) is 2.35. The molecule has 3 N–H and O–H groups in total. The second-order valence-corrected chi connectivity index (χ2v) is 4.82. The van der Waals surface area contributed by atoms with Crippen LogP contribution in [-0.4, -0.2) is 35.5 Å². The molecule has 0 aliphatic carbocycles. The number of carbonyl (C=O) groups is 1. The first-order valence-electron chi connectivity index (χ1n) is 6.55. The predicted octanol–water partition coefficient (Wildman–Crippen LogP) is 0.0727. The van der Waals surface area contributed by atoms with Crippen LogP contribution < -0.4 is 11.1 Å². The van der Waals surface area contributed by atoms with Crippen LogP contribution in [0.15, 0.2) is 34.1 Å².